The van der Waals surface area contributed by atoms with Gasteiger partial charge in [0, 0.05) is 0 Å². The lowest BCUT2D eigenvalue weighted by Gasteiger charge is -2.40. The van der Waals surface area contributed by atoms with Crippen LogP contribution >= 0.6 is 0 Å². The molecular formula is C18H30O4Si4. The van der Waals surface area contributed by atoms with Gasteiger partial charge < -0.3 is 16.5 Å². The van der Waals surface area contributed by atoms with Crippen molar-refractivity contribution in [1.82, 2.24) is 0 Å². The molecule has 142 valence electrons. The molecule has 4 nitrogen and oxygen atoms in total. The predicted octanol–water partition coefficient (Wildman–Crippen LogP) is 4.52. The van der Waals surface area contributed by atoms with Gasteiger partial charge in [-0.2, -0.15) is 0 Å². The minimum atomic E-state index is -2.05. The molecular weight excluding hydrogens is 393 g/mol. The Morgan fingerprint density at radius 2 is 0.885 bits per heavy atom. The molecule has 8 heteroatoms. The van der Waals surface area contributed by atoms with Crippen molar-refractivity contribution in [3.8, 4) is 11.1 Å². The molecule has 0 spiro atoms. The third-order valence-electron chi connectivity index (χ3n) is 3.68. The van der Waals surface area contributed by atoms with Crippen molar-refractivity contribution in [3.63, 3.8) is 0 Å². The van der Waals surface area contributed by atoms with E-state index in [2.05, 4.69) is 87.8 Å². The summed E-state index contributed by atoms with van der Waals surface area (Å²) in [6.07, 6.45) is 0. The molecule has 0 aromatic heterocycles. The van der Waals surface area contributed by atoms with E-state index in [4.69, 9.17) is 16.5 Å². The van der Waals surface area contributed by atoms with Gasteiger partial charge in [-0.05, 0) is 50.4 Å². The Hall–Kier alpha value is -0.852. The zero-order valence-electron chi connectivity index (χ0n) is 16.6. The summed E-state index contributed by atoms with van der Waals surface area (Å²) >= 11 is 0. The third kappa shape index (κ3) is 7.41. The summed E-state index contributed by atoms with van der Waals surface area (Å²) in [6.45, 7) is 12.4. The van der Waals surface area contributed by atoms with Gasteiger partial charge in [-0.25, -0.2) is 0 Å². The maximum Gasteiger partial charge on any atom is 0.314 e. The van der Waals surface area contributed by atoms with Crippen molar-refractivity contribution < 1.29 is 16.5 Å². The monoisotopic (exact) mass is 422 g/mol. The lowest BCUT2D eigenvalue weighted by Crippen LogP contribution is -2.58. The minimum Gasteiger partial charge on any atom is -0.420 e. The highest BCUT2D eigenvalue weighted by Crippen LogP contribution is 2.23. The molecule has 1 fully saturated rings. The zero-order chi connectivity index (χ0) is 19.3. The summed E-state index contributed by atoms with van der Waals surface area (Å²) < 4.78 is 23.6. The highest BCUT2D eigenvalue weighted by Gasteiger charge is 2.43. The second-order valence-electron chi connectivity index (χ2n) is 7.54. The summed E-state index contributed by atoms with van der Waals surface area (Å²) in [5.74, 6) is 0. The van der Waals surface area contributed by atoms with Gasteiger partial charge in [0.1, 0.15) is 0 Å². The number of rotatable bonds is 1. The van der Waals surface area contributed by atoms with Crippen LogP contribution in [0.5, 0.6) is 0 Å². The summed E-state index contributed by atoms with van der Waals surface area (Å²) in [7, 11) is -6.91. The van der Waals surface area contributed by atoms with E-state index in [1.165, 1.54) is 11.1 Å². The fourth-order valence-corrected chi connectivity index (χ4v) is 17.4. The van der Waals surface area contributed by atoms with Crippen LogP contribution in [-0.4, -0.2) is 35.7 Å². The maximum absolute atomic E-state index is 6.02. The quantitative estimate of drug-likeness (QED) is 0.633. The van der Waals surface area contributed by atoms with Crippen LogP contribution in [0.4, 0.5) is 0 Å². The van der Waals surface area contributed by atoms with E-state index < -0.39 is 35.7 Å². The topological polar surface area (TPSA) is 36.9 Å². The van der Waals surface area contributed by atoms with Crippen molar-refractivity contribution in [2.24, 2.45) is 0 Å². The van der Waals surface area contributed by atoms with Crippen LogP contribution in [0.2, 0.25) is 39.3 Å². The summed E-state index contributed by atoms with van der Waals surface area (Å²) in [5.41, 5.74) is 2.55. The van der Waals surface area contributed by atoms with Crippen LogP contribution in [0.25, 0.3) is 11.1 Å². The molecule has 3 rings (SSSR count). The summed E-state index contributed by atoms with van der Waals surface area (Å²) in [4.78, 5) is 0. The molecule has 0 aliphatic carbocycles. The van der Waals surface area contributed by atoms with Gasteiger partial charge in [0.05, 0.1) is 0 Å². The van der Waals surface area contributed by atoms with Crippen molar-refractivity contribution >= 4 is 35.7 Å². The van der Waals surface area contributed by atoms with E-state index >= 15 is 0 Å². The van der Waals surface area contributed by atoms with Gasteiger partial charge in [0.15, 0.2) is 0 Å². The first kappa shape index (κ1) is 21.4. The van der Waals surface area contributed by atoms with Gasteiger partial charge in [-0.3, -0.25) is 0 Å². The Labute approximate surface area is 163 Å². The summed E-state index contributed by atoms with van der Waals surface area (Å²) in [6, 6.07) is 20.8. The Morgan fingerprint density at radius 1 is 0.538 bits per heavy atom. The predicted molar refractivity (Wildman–Crippen MR) is 117 cm³/mol. The molecule has 0 atom stereocenters. The fourth-order valence-electron chi connectivity index (χ4n) is 2.84. The third-order valence-corrected chi connectivity index (χ3v) is 18.0. The highest BCUT2D eigenvalue weighted by atomic mass is 28.5. The standard InChI is InChI=1S/C12H10.C6H20O4Si4/c1-3-7-11(8-4-1)12-9-5-2-6-10-12;1-12(2)7-11-8-13(3,4)10-14(5,6)9-12/h1-10H;11H2,1-6H3. The van der Waals surface area contributed by atoms with E-state index in [1.807, 2.05) is 12.1 Å². The molecule has 0 N–H and O–H groups in total. The Morgan fingerprint density at radius 3 is 1.23 bits per heavy atom. The molecule has 0 radical (unpaired) electrons. The second-order valence-corrected chi connectivity index (χ2v) is 20.1. The largest absolute Gasteiger partial charge is 0.420 e. The molecule has 1 aliphatic rings. The van der Waals surface area contributed by atoms with Crippen molar-refractivity contribution in [3.05, 3.63) is 60.7 Å². The van der Waals surface area contributed by atoms with Gasteiger partial charge >= 0.3 is 25.7 Å². The molecule has 1 aliphatic heterocycles. The lowest BCUT2D eigenvalue weighted by molar-refractivity contribution is 0.262. The lowest BCUT2D eigenvalue weighted by atomic mass is 10.1. The van der Waals surface area contributed by atoms with Crippen LogP contribution < -0.4 is 0 Å². The van der Waals surface area contributed by atoms with E-state index in [0.717, 1.165) is 0 Å². The van der Waals surface area contributed by atoms with Gasteiger partial charge in [0.25, 0.3) is 10.0 Å². The SMILES string of the molecule is C[Si]1(C)O[SiH2]O[Si](C)(C)O[Si](C)(C)O1.c1ccc(-c2ccccc2)cc1. The molecule has 1 heterocycles. The Kier molecular flexibility index (Phi) is 7.33. The first-order chi connectivity index (χ1) is 12.1. The average molecular weight is 423 g/mol. The molecule has 0 saturated carbocycles. The Bertz CT molecular complexity index is 621. The molecule has 1 saturated heterocycles. The van der Waals surface area contributed by atoms with Gasteiger partial charge in [0.2, 0.25) is 0 Å². The van der Waals surface area contributed by atoms with Crippen molar-refractivity contribution in [2.45, 2.75) is 39.3 Å². The van der Waals surface area contributed by atoms with Crippen LogP contribution in [0.1, 0.15) is 0 Å². The maximum atomic E-state index is 6.02. The van der Waals surface area contributed by atoms with Crippen LogP contribution in [-0.2, 0) is 16.5 Å². The zero-order valence-corrected chi connectivity index (χ0v) is 21.0. The van der Waals surface area contributed by atoms with E-state index in [-0.39, 0.29) is 0 Å². The van der Waals surface area contributed by atoms with Crippen molar-refractivity contribution in [2.75, 3.05) is 0 Å². The van der Waals surface area contributed by atoms with Gasteiger partial charge in [-0.15, -0.1) is 0 Å². The van der Waals surface area contributed by atoms with E-state index in [1.54, 1.807) is 0 Å². The van der Waals surface area contributed by atoms with Crippen LogP contribution in [0, 0.1) is 0 Å². The number of hydrogen-bond acceptors (Lipinski definition) is 4. The van der Waals surface area contributed by atoms with E-state index in [0.29, 0.717) is 0 Å². The molecule has 0 unspecified atom stereocenters. The molecule has 2 aromatic rings. The minimum absolute atomic E-state index is 0.910. The molecule has 0 amide bonds. The smallest absolute Gasteiger partial charge is 0.314 e. The van der Waals surface area contributed by atoms with Gasteiger partial charge in [-0.1, -0.05) is 60.7 Å². The second kappa shape index (κ2) is 8.89. The van der Waals surface area contributed by atoms with Crippen LogP contribution in [0.15, 0.2) is 60.7 Å². The first-order valence-electron chi connectivity index (χ1n) is 8.87. The molecule has 26 heavy (non-hydrogen) atoms. The fraction of sp³-hybridized carbons (Fsp3) is 0.333. The van der Waals surface area contributed by atoms with Crippen molar-refractivity contribution in [1.29, 1.82) is 0 Å². The highest BCUT2D eigenvalue weighted by molar-refractivity contribution is 6.87. The Balaban J connectivity index is 0.000000189. The first-order valence-corrected chi connectivity index (χ1v) is 18.5. The molecule has 0 bridgehead atoms. The molecule has 2 aromatic carbocycles. The normalized spacial score (nSPS) is 20.8. The average Bonchev–Trinajstić information content (AvgIpc) is 2.53. The summed E-state index contributed by atoms with van der Waals surface area (Å²) in [5, 5.41) is 0. The van der Waals surface area contributed by atoms with Crippen LogP contribution in [0.3, 0.4) is 0 Å². The van der Waals surface area contributed by atoms with E-state index in [9.17, 15) is 0 Å². The number of hydrogen-bond donors (Lipinski definition) is 0. The number of benzene rings is 2.